The Morgan fingerprint density at radius 3 is 2.43 bits per heavy atom. The largest absolute Gasteiger partial charge is 0.436 e. The van der Waals surface area contributed by atoms with E-state index in [1.54, 1.807) is 0 Å². The molecule has 0 aliphatic carbocycles. The van der Waals surface area contributed by atoms with Gasteiger partial charge in [0.2, 0.25) is 0 Å². The van der Waals surface area contributed by atoms with Crippen LogP contribution in [0, 0.1) is 11.6 Å². The zero-order valence-electron chi connectivity index (χ0n) is 14.8. The zero-order chi connectivity index (χ0) is 22.2. The molecule has 0 aliphatic rings. The van der Waals surface area contributed by atoms with Gasteiger partial charge in [-0.15, -0.1) is 0 Å². The van der Waals surface area contributed by atoms with Crippen LogP contribution < -0.4 is 5.32 Å². The third kappa shape index (κ3) is 4.71. The highest BCUT2D eigenvalue weighted by molar-refractivity contribution is 7.99. The van der Waals surface area contributed by atoms with E-state index in [1.165, 1.54) is 25.2 Å². The normalized spacial score (nSPS) is 11.6. The monoisotopic (exact) mass is 481 g/mol. The summed E-state index contributed by atoms with van der Waals surface area (Å²) in [5.74, 6) is -3.32. The first-order chi connectivity index (χ1) is 14.0. The Morgan fingerprint density at radius 1 is 1.13 bits per heavy atom. The van der Waals surface area contributed by atoms with E-state index >= 15 is 0 Å². The van der Waals surface area contributed by atoms with Crippen LogP contribution in [0.1, 0.15) is 16.1 Å². The molecule has 0 fully saturated rings. The second-order valence-electron chi connectivity index (χ2n) is 5.91. The molecule has 0 unspecified atom stereocenters. The SMILES string of the molecule is Cn1nc(C(F)(F)F)c(C(=O)Nc2ccc(F)cc2F)c1Sc1ccc(Cl)cc1Cl. The fourth-order valence-electron chi connectivity index (χ4n) is 2.47. The number of nitrogens with one attached hydrogen (secondary N) is 1. The van der Waals surface area contributed by atoms with Crippen molar-refractivity contribution in [2.24, 2.45) is 7.05 Å². The molecule has 3 aromatic rings. The van der Waals surface area contributed by atoms with Crippen molar-refractivity contribution < 1.29 is 26.7 Å². The van der Waals surface area contributed by atoms with Crippen molar-refractivity contribution in [3.8, 4) is 0 Å². The standard InChI is InChI=1S/C18H10Cl2F5N3OS/c1-28-17(30-13-5-2-8(19)6-10(13)20)14(15(27-28)18(23,24)25)16(29)26-12-4-3-9(21)7-11(12)22/h2-7H,1H3,(H,26,29). The molecule has 0 saturated heterocycles. The molecule has 158 valence electrons. The minimum absolute atomic E-state index is 0.151. The summed E-state index contributed by atoms with van der Waals surface area (Å²) < 4.78 is 68.3. The number of benzene rings is 2. The van der Waals surface area contributed by atoms with Crippen LogP contribution in [0.3, 0.4) is 0 Å². The average molecular weight is 482 g/mol. The van der Waals surface area contributed by atoms with Gasteiger partial charge in [-0.1, -0.05) is 35.0 Å². The van der Waals surface area contributed by atoms with Gasteiger partial charge in [-0.25, -0.2) is 8.78 Å². The fraction of sp³-hybridized carbons (Fsp3) is 0.111. The van der Waals surface area contributed by atoms with E-state index in [9.17, 15) is 26.7 Å². The summed E-state index contributed by atoms with van der Waals surface area (Å²) in [6.45, 7) is 0. The molecule has 0 radical (unpaired) electrons. The summed E-state index contributed by atoms with van der Waals surface area (Å²) in [7, 11) is 1.22. The number of rotatable bonds is 4. The van der Waals surface area contributed by atoms with Crippen molar-refractivity contribution >= 4 is 46.6 Å². The first-order valence-electron chi connectivity index (χ1n) is 8.01. The van der Waals surface area contributed by atoms with Gasteiger partial charge >= 0.3 is 6.18 Å². The summed E-state index contributed by atoms with van der Waals surface area (Å²) in [5, 5.41) is 5.72. The molecule has 0 aliphatic heterocycles. The van der Waals surface area contributed by atoms with Crippen LogP contribution in [0.5, 0.6) is 0 Å². The smallest absolute Gasteiger partial charge is 0.319 e. The fourth-order valence-corrected chi connectivity index (χ4v) is 3.96. The van der Waals surface area contributed by atoms with E-state index in [1.807, 2.05) is 5.32 Å². The lowest BCUT2D eigenvalue weighted by Gasteiger charge is -2.11. The number of carbonyl (C=O) groups is 1. The number of hydrogen-bond donors (Lipinski definition) is 1. The maximum Gasteiger partial charge on any atom is 0.436 e. The highest BCUT2D eigenvalue weighted by Gasteiger charge is 2.41. The van der Waals surface area contributed by atoms with E-state index in [0.29, 0.717) is 16.0 Å². The number of aryl methyl sites for hydroxylation is 1. The lowest BCUT2D eigenvalue weighted by Crippen LogP contribution is -2.19. The molecule has 1 aromatic heterocycles. The first-order valence-corrected chi connectivity index (χ1v) is 9.58. The second-order valence-corrected chi connectivity index (χ2v) is 7.78. The molecule has 2 aromatic carbocycles. The molecule has 0 bridgehead atoms. The number of halogens is 7. The minimum Gasteiger partial charge on any atom is -0.319 e. The number of carbonyl (C=O) groups excluding carboxylic acids is 1. The van der Waals surface area contributed by atoms with Gasteiger partial charge in [-0.2, -0.15) is 18.3 Å². The molecule has 0 atom stereocenters. The third-order valence-corrected chi connectivity index (χ3v) is 5.67. The van der Waals surface area contributed by atoms with E-state index in [4.69, 9.17) is 23.2 Å². The van der Waals surface area contributed by atoms with E-state index in [-0.39, 0.29) is 10.0 Å². The molecule has 3 rings (SSSR count). The molecule has 12 heteroatoms. The summed E-state index contributed by atoms with van der Waals surface area (Å²) in [6.07, 6.45) is -4.96. The van der Waals surface area contributed by atoms with Crippen LogP contribution in [-0.2, 0) is 13.2 Å². The van der Waals surface area contributed by atoms with Crippen LogP contribution >= 0.6 is 35.0 Å². The molecule has 0 saturated carbocycles. The van der Waals surface area contributed by atoms with Crippen molar-refractivity contribution in [2.45, 2.75) is 16.1 Å². The molecule has 1 heterocycles. The van der Waals surface area contributed by atoms with Crippen molar-refractivity contribution in [2.75, 3.05) is 5.32 Å². The Balaban J connectivity index is 2.07. The van der Waals surface area contributed by atoms with Crippen molar-refractivity contribution in [1.82, 2.24) is 9.78 Å². The predicted octanol–water partition coefficient (Wildman–Crippen LogP) is 6.43. The third-order valence-electron chi connectivity index (χ3n) is 3.77. The van der Waals surface area contributed by atoms with E-state index in [0.717, 1.165) is 28.6 Å². The van der Waals surface area contributed by atoms with Gasteiger partial charge in [0.05, 0.1) is 10.7 Å². The van der Waals surface area contributed by atoms with Gasteiger partial charge in [0, 0.05) is 23.0 Å². The van der Waals surface area contributed by atoms with Crippen LogP contribution in [-0.4, -0.2) is 15.7 Å². The van der Waals surface area contributed by atoms with Crippen LogP contribution in [0.15, 0.2) is 46.3 Å². The maximum absolute atomic E-state index is 13.9. The maximum atomic E-state index is 13.9. The Morgan fingerprint density at radius 2 is 1.83 bits per heavy atom. The number of nitrogens with zero attached hydrogens (tertiary/aromatic N) is 2. The quantitative estimate of drug-likeness (QED) is 0.437. The van der Waals surface area contributed by atoms with Crippen LogP contribution in [0.4, 0.5) is 27.6 Å². The highest BCUT2D eigenvalue weighted by atomic mass is 35.5. The summed E-state index contributed by atoms with van der Waals surface area (Å²) in [5.41, 5.74) is -2.78. The Kier molecular flexibility index (Phi) is 6.30. The van der Waals surface area contributed by atoms with Crippen LogP contribution in [0.25, 0.3) is 0 Å². The number of aromatic nitrogens is 2. The van der Waals surface area contributed by atoms with Crippen LogP contribution in [0.2, 0.25) is 10.0 Å². The van der Waals surface area contributed by atoms with Gasteiger partial charge in [-0.3, -0.25) is 9.48 Å². The number of alkyl halides is 3. The summed E-state index contributed by atoms with van der Waals surface area (Å²) in [4.78, 5) is 13.0. The predicted molar refractivity (Wildman–Crippen MR) is 103 cm³/mol. The van der Waals surface area contributed by atoms with Gasteiger partial charge in [0.15, 0.2) is 5.69 Å². The molecule has 1 amide bonds. The lowest BCUT2D eigenvalue weighted by atomic mass is 10.2. The van der Waals surface area contributed by atoms with Gasteiger partial charge in [0.1, 0.15) is 22.2 Å². The molecule has 1 N–H and O–H groups in total. The Bertz CT molecular complexity index is 1130. The van der Waals surface area contributed by atoms with Crippen molar-refractivity contribution in [3.63, 3.8) is 0 Å². The Hall–Kier alpha value is -2.30. The molecular formula is C18H10Cl2F5N3OS. The van der Waals surface area contributed by atoms with Gasteiger partial charge in [0.25, 0.3) is 5.91 Å². The second kappa shape index (κ2) is 8.44. The minimum atomic E-state index is -4.96. The number of anilines is 1. The lowest BCUT2D eigenvalue weighted by molar-refractivity contribution is -0.141. The average Bonchev–Trinajstić information content (AvgIpc) is 2.96. The summed E-state index contributed by atoms with van der Waals surface area (Å²) in [6, 6.07) is 6.58. The zero-order valence-corrected chi connectivity index (χ0v) is 17.1. The number of amides is 1. The molecular weight excluding hydrogens is 472 g/mol. The highest BCUT2D eigenvalue weighted by Crippen LogP contribution is 2.41. The van der Waals surface area contributed by atoms with Crippen molar-refractivity contribution in [1.29, 1.82) is 0 Å². The first kappa shape index (κ1) is 22.4. The molecule has 0 spiro atoms. The Labute approximate surface area is 181 Å². The van der Waals surface area contributed by atoms with Gasteiger partial charge in [-0.05, 0) is 30.3 Å². The van der Waals surface area contributed by atoms with E-state index in [2.05, 4.69) is 5.10 Å². The summed E-state index contributed by atoms with van der Waals surface area (Å²) >= 11 is 12.7. The number of hydrogen-bond acceptors (Lipinski definition) is 3. The topological polar surface area (TPSA) is 46.9 Å². The van der Waals surface area contributed by atoms with Crippen molar-refractivity contribution in [3.05, 3.63) is 69.3 Å². The molecule has 30 heavy (non-hydrogen) atoms. The molecule has 4 nitrogen and oxygen atoms in total. The van der Waals surface area contributed by atoms with E-state index < -0.39 is 40.7 Å². The van der Waals surface area contributed by atoms with Gasteiger partial charge < -0.3 is 5.32 Å².